The zero-order valence-electron chi connectivity index (χ0n) is 11.2. The zero-order chi connectivity index (χ0) is 13.3. The maximum atomic E-state index is 6.44. The van der Waals surface area contributed by atoms with Crippen LogP contribution < -0.4 is 5.32 Å². The van der Waals surface area contributed by atoms with Crippen molar-refractivity contribution in [2.24, 2.45) is 0 Å². The molecule has 1 atom stereocenters. The third kappa shape index (κ3) is 2.46. The number of rotatable bonds is 3. The fraction of sp³-hybridized carbons (Fsp3) is 0.333. The molecule has 0 radical (unpaired) electrons. The summed E-state index contributed by atoms with van der Waals surface area (Å²) in [5.41, 5.74) is 3.60. The van der Waals surface area contributed by atoms with Crippen LogP contribution in [0.15, 0.2) is 24.3 Å². The van der Waals surface area contributed by atoms with Crippen LogP contribution in [-0.4, -0.2) is 7.05 Å². The van der Waals surface area contributed by atoms with Crippen molar-refractivity contribution in [2.75, 3.05) is 7.05 Å². The van der Waals surface area contributed by atoms with Crippen LogP contribution >= 0.6 is 22.9 Å². The molecule has 1 nitrogen and oxygen atoms in total. The molecule has 0 aliphatic rings. The summed E-state index contributed by atoms with van der Waals surface area (Å²) in [7, 11) is 1.98. The molecule has 2 aromatic rings. The number of nitrogens with one attached hydrogen (secondary N) is 1. The van der Waals surface area contributed by atoms with Crippen molar-refractivity contribution in [3.63, 3.8) is 0 Å². The summed E-state index contributed by atoms with van der Waals surface area (Å²) >= 11 is 8.27. The molecule has 1 N–H and O–H groups in total. The number of thiophene rings is 1. The summed E-state index contributed by atoms with van der Waals surface area (Å²) in [5.74, 6) is 0. The lowest BCUT2D eigenvalue weighted by atomic mass is 9.97. The average molecular weight is 280 g/mol. The Morgan fingerprint density at radius 3 is 2.44 bits per heavy atom. The van der Waals surface area contributed by atoms with Crippen molar-refractivity contribution in [2.45, 2.75) is 26.8 Å². The highest BCUT2D eigenvalue weighted by Gasteiger charge is 2.19. The average Bonchev–Trinajstić information content (AvgIpc) is 2.65. The molecule has 0 aliphatic heterocycles. The second-order valence-corrected chi connectivity index (χ2v) is 6.41. The number of aryl methyl sites for hydroxylation is 3. The second-order valence-electron chi connectivity index (χ2n) is 4.57. The zero-order valence-corrected chi connectivity index (χ0v) is 12.7. The molecule has 0 amide bonds. The van der Waals surface area contributed by atoms with Gasteiger partial charge in [0.05, 0.1) is 6.04 Å². The van der Waals surface area contributed by atoms with E-state index >= 15 is 0 Å². The summed E-state index contributed by atoms with van der Waals surface area (Å²) < 4.78 is 0. The second kappa shape index (κ2) is 5.43. The van der Waals surface area contributed by atoms with E-state index in [-0.39, 0.29) is 6.04 Å². The van der Waals surface area contributed by atoms with E-state index in [2.05, 4.69) is 37.4 Å². The lowest BCUT2D eigenvalue weighted by Crippen LogP contribution is -2.18. The van der Waals surface area contributed by atoms with Crippen LogP contribution in [0.4, 0.5) is 0 Å². The van der Waals surface area contributed by atoms with Crippen molar-refractivity contribution < 1.29 is 0 Å². The molecule has 1 aromatic carbocycles. The van der Waals surface area contributed by atoms with Gasteiger partial charge in [-0.2, -0.15) is 0 Å². The minimum absolute atomic E-state index is 0.169. The van der Waals surface area contributed by atoms with Crippen molar-refractivity contribution >= 4 is 22.9 Å². The first kappa shape index (κ1) is 13.6. The highest BCUT2D eigenvalue weighted by Crippen LogP contribution is 2.34. The Bertz CT molecular complexity index is 560. The number of hydrogen-bond acceptors (Lipinski definition) is 2. The molecule has 1 heterocycles. The summed E-state index contributed by atoms with van der Waals surface area (Å²) in [4.78, 5) is 2.69. The van der Waals surface area contributed by atoms with E-state index in [1.807, 2.05) is 31.4 Å². The van der Waals surface area contributed by atoms with E-state index in [1.54, 1.807) is 0 Å². The normalized spacial score (nSPS) is 12.7. The van der Waals surface area contributed by atoms with Crippen molar-refractivity contribution in [1.29, 1.82) is 0 Å². The first-order valence-corrected chi connectivity index (χ1v) is 7.23. The van der Waals surface area contributed by atoms with E-state index in [9.17, 15) is 0 Å². The van der Waals surface area contributed by atoms with Gasteiger partial charge >= 0.3 is 0 Å². The Labute approximate surface area is 118 Å². The van der Waals surface area contributed by atoms with E-state index < -0.39 is 0 Å². The van der Waals surface area contributed by atoms with E-state index in [0.29, 0.717) is 0 Å². The fourth-order valence-corrected chi connectivity index (χ4v) is 3.51. The Morgan fingerprint density at radius 1 is 1.17 bits per heavy atom. The predicted molar refractivity (Wildman–Crippen MR) is 80.9 cm³/mol. The topological polar surface area (TPSA) is 12.0 Å². The molecular formula is C15H18ClNS. The first-order valence-electron chi connectivity index (χ1n) is 6.03. The summed E-state index contributed by atoms with van der Waals surface area (Å²) in [6.07, 6.45) is 0. The van der Waals surface area contributed by atoms with Crippen LogP contribution in [0, 0.1) is 20.8 Å². The van der Waals surface area contributed by atoms with Crippen LogP contribution in [0.1, 0.15) is 32.5 Å². The van der Waals surface area contributed by atoms with Gasteiger partial charge in [0, 0.05) is 14.8 Å². The highest BCUT2D eigenvalue weighted by atomic mass is 35.5. The van der Waals surface area contributed by atoms with Gasteiger partial charge in [-0.25, -0.2) is 0 Å². The molecule has 0 aliphatic carbocycles. The van der Waals surface area contributed by atoms with Gasteiger partial charge in [-0.05, 0) is 50.6 Å². The molecule has 0 bridgehead atoms. The summed E-state index contributed by atoms with van der Waals surface area (Å²) in [6, 6.07) is 8.63. The predicted octanol–water partition coefficient (Wildman–Crippen LogP) is 4.64. The van der Waals surface area contributed by atoms with Crippen LogP contribution in [0.25, 0.3) is 0 Å². The molecule has 0 saturated heterocycles. The van der Waals surface area contributed by atoms with E-state index in [1.165, 1.54) is 15.3 Å². The monoisotopic (exact) mass is 279 g/mol. The van der Waals surface area contributed by atoms with Gasteiger partial charge in [-0.15, -0.1) is 11.3 Å². The molecule has 1 aromatic heterocycles. The van der Waals surface area contributed by atoms with E-state index in [4.69, 9.17) is 11.6 Å². The smallest absolute Gasteiger partial charge is 0.0600 e. The third-order valence-corrected chi connectivity index (χ3v) is 4.71. The van der Waals surface area contributed by atoms with Crippen LogP contribution in [-0.2, 0) is 0 Å². The Morgan fingerprint density at radius 2 is 1.89 bits per heavy atom. The van der Waals surface area contributed by atoms with Gasteiger partial charge < -0.3 is 5.32 Å². The SMILES string of the molecule is CNC(c1cc(C)sc1C)c1cccc(C)c1Cl. The van der Waals surface area contributed by atoms with Crippen molar-refractivity contribution in [1.82, 2.24) is 5.32 Å². The van der Waals surface area contributed by atoms with Crippen molar-refractivity contribution in [3.05, 3.63) is 55.7 Å². The van der Waals surface area contributed by atoms with Gasteiger partial charge in [0.15, 0.2) is 0 Å². The molecule has 1 unspecified atom stereocenters. The van der Waals surface area contributed by atoms with Crippen LogP contribution in [0.3, 0.4) is 0 Å². The molecule has 18 heavy (non-hydrogen) atoms. The number of hydrogen-bond donors (Lipinski definition) is 1. The molecule has 0 fully saturated rings. The maximum Gasteiger partial charge on any atom is 0.0600 e. The molecule has 3 heteroatoms. The number of halogens is 1. The minimum atomic E-state index is 0.169. The lowest BCUT2D eigenvalue weighted by Gasteiger charge is -2.19. The van der Waals surface area contributed by atoms with Gasteiger partial charge in [0.1, 0.15) is 0 Å². The fourth-order valence-electron chi connectivity index (χ4n) is 2.31. The van der Waals surface area contributed by atoms with Crippen LogP contribution in [0.5, 0.6) is 0 Å². The molecule has 0 spiro atoms. The van der Waals surface area contributed by atoms with Crippen LogP contribution in [0.2, 0.25) is 5.02 Å². The maximum absolute atomic E-state index is 6.44. The quantitative estimate of drug-likeness (QED) is 0.863. The minimum Gasteiger partial charge on any atom is -0.309 e. The third-order valence-electron chi connectivity index (χ3n) is 3.21. The van der Waals surface area contributed by atoms with Gasteiger partial charge in [0.2, 0.25) is 0 Å². The standard InChI is InChI=1S/C15H18ClNS/c1-9-6-5-7-12(14(9)16)15(17-4)13-8-10(2)18-11(13)3/h5-8,15,17H,1-4H3. The highest BCUT2D eigenvalue weighted by molar-refractivity contribution is 7.12. The Balaban J connectivity index is 2.52. The lowest BCUT2D eigenvalue weighted by molar-refractivity contribution is 0.690. The number of benzene rings is 1. The summed E-state index contributed by atoms with van der Waals surface area (Å²) in [5, 5.41) is 4.24. The summed E-state index contributed by atoms with van der Waals surface area (Å²) in [6.45, 7) is 6.36. The van der Waals surface area contributed by atoms with E-state index in [0.717, 1.165) is 16.1 Å². The molecular weight excluding hydrogens is 262 g/mol. The van der Waals surface area contributed by atoms with Gasteiger partial charge in [0.25, 0.3) is 0 Å². The molecule has 2 rings (SSSR count). The van der Waals surface area contributed by atoms with Gasteiger partial charge in [-0.1, -0.05) is 29.8 Å². The van der Waals surface area contributed by atoms with Crippen molar-refractivity contribution in [3.8, 4) is 0 Å². The molecule has 96 valence electrons. The van der Waals surface area contributed by atoms with Gasteiger partial charge in [-0.3, -0.25) is 0 Å². The molecule has 0 saturated carbocycles. The first-order chi connectivity index (χ1) is 8.54. The Kier molecular flexibility index (Phi) is 4.10. The Hall–Kier alpha value is -0.830. The largest absolute Gasteiger partial charge is 0.309 e.